The molecule has 2 aromatic rings. The van der Waals surface area contributed by atoms with Crippen LogP contribution in [0.5, 0.6) is 11.5 Å². The molecule has 0 aromatic heterocycles. The van der Waals surface area contributed by atoms with Crippen LogP contribution in [0.1, 0.15) is 31.2 Å². The van der Waals surface area contributed by atoms with Gasteiger partial charge >= 0.3 is 18.2 Å². The van der Waals surface area contributed by atoms with E-state index in [2.05, 4.69) is 10.2 Å². The van der Waals surface area contributed by atoms with Crippen LogP contribution in [0.25, 0.3) is 0 Å². The third-order valence-electron chi connectivity index (χ3n) is 7.51. The first-order chi connectivity index (χ1) is 19.6. The number of carbonyl (C=O) groups is 2. The molecule has 1 aliphatic heterocycles. The van der Waals surface area contributed by atoms with Crippen LogP contribution in [0.15, 0.2) is 18.2 Å². The monoisotopic (exact) mass is 613 g/mol. The van der Waals surface area contributed by atoms with Crippen LogP contribution in [0.3, 0.4) is 0 Å². The van der Waals surface area contributed by atoms with Crippen LogP contribution in [0.4, 0.5) is 45.6 Å². The zero-order valence-electron chi connectivity index (χ0n) is 22.5. The van der Waals surface area contributed by atoms with Crippen molar-refractivity contribution in [2.24, 2.45) is 0 Å². The summed E-state index contributed by atoms with van der Waals surface area (Å²) in [6.45, 7) is 0.836. The molecule has 0 unspecified atom stereocenters. The molecule has 0 spiro atoms. The molecule has 3 atom stereocenters. The Morgan fingerprint density at radius 3 is 2.02 bits per heavy atom. The normalized spacial score (nSPS) is 22.0. The number of aliphatic carboxylic acids is 1. The maximum Gasteiger partial charge on any atom is 0.490 e. The maximum atomic E-state index is 13.9. The quantitative estimate of drug-likeness (QED) is 0.239. The van der Waals surface area contributed by atoms with Crippen LogP contribution in [0, 0.1) is 29.1 Å². The highest BCUT2D eigenvalue weighted by Crippen LogP contribution is 2.50. The van der Waals surface area contributed by atoms with Gasteiger partial charge in [0, 0.05) is 17.5 Å². The van der Waals surface area contributed by atoms with Gasteiger partial charge in [-0.15, -0.1) is 0 Å². The van der Waals surface area contributed by atoms with Gasteiger partial charge in [0.15, 0.2) is 34.8 Å². The van der Waals surface area contributed by atoms with Gasteiger partial charge in [0.1, 0.15) is 5.69 Å². The second kappa shape index (κ2) is 12.6. The first kappa shape index (κ1) is 32.7. The number of anilines is 1. The van der Waals surface area contributed by atoms with E-state index < -0.39 is 53.0 Å². The van der Waals surface area contributed by atoms with Gasteiger partial charge < -0.3 is 30.1 Å². The van der Waals surface area contributed by atoms with E-state index in [1.54, 1.807) is 19.5 Å². The molecule has 1 heterocycles. The minimum atomic E-state index is -5.08. The molecular formula is C26H27F8N3O5. The highest BCUT2D eigenvalue weighted by molar-refractivity contribution is 5.89. The lowest BCUT2D eigenvalue weighted by Gasteiger charge is -2.45. The number of benzene rings is 2. The number of urea groups is 1. The molecular weight excluding hydrogens is 586 g/mol. The summed E-state index contributed by atoms with van der Waals surface area (Å²) in [7, 11) is 5.13. The van der Waals surface area contributed by atoms with Crippen molar-refractivity contribution in [2.75, 3.05) is 33.1 Å². The van der Waals surface area contributed by atoms with Crippen molar-refractivity contribution in [3.63, 3.8) is 0 Å². The molecule has 8 nitrogen and oxygen atoms in total. The molecule has 3 N–H and O–H groups in total. The Morgan fingerprint density at radius 2 is 1.50 bits per heavy atom. The van der Waals surface area contributed by atoms with Gasteiger partial charge in [0.25, 0.3) is 0 Å². The third-order valence-corrected chi connectivity index (χ3v) is 7.51. The van der Waals surface area contributed by atoms with Crippen molar-refractivity contribution >= 4 is 17.7 Å². The lowest BCUT2D eigenvalue weighted by atomic mass is 9.65. The van der Waals surface area contributed by atoms with E-state index in [0.717, 1.165) is 18.5 Å². The molecule has 0 bridgehead atoms. The third kappa shape index (κ3) is 6.47. The number of carboxylic acid groups (broad SMARTS) is 1. The predicted octanol–water partition coefficient (Wildman–Crippen LogP) is 5.35. The van der Waals surface area contributed by atoms with Gasteiger partial charge in [-0.2, -0.15) is 13.2 Å². The smallest absolute Gasteiger partial charge is 0.490 e. The van der Waals surface area contributed by atoms with E-state index in [1.807, 2.05) is 25.2 Å². The number of alkyl halides is 3. The van der Waals surface area contributed by atoms with Crippen molar-refractivity contribution in [3.05, 3.63) is 52.8 Å². The predicted molar refractivity (Wildman–Crippen MR) is 132 cm³/mol. The zero-order valence-corrected chi connectivity index (χ0v) is 22.5. The molecule has 16 heteroatoms. The average molecular weight is 614 g/mol. The lowest BCUT2D eigenvalue weighted by Crippen LogP contribution is -2.52. The fourth-order valence-corrected chi connectivity index (χ4v) is 5.44. The second-order valence-corrected chi connectivity index (χ2v) is 9.79. The SMILES string of the molecule is COc1ccc([C@@]23CC[C@@H](NC(=O)Nc4c(F)c(F)c(F)c(F)c4F)C[C@@H]2N(C)CC3)cc1OC.O=C(O)C(F)(F)F. The number of carboxylic acids is 1. The number of halogens is 8. The van der Waals surface area contributed by atoms with Gasteiger partial charge in [-0.25, -0.2) is 31.5 Å². The molecule has 2 aromatic carbocycles. The minimum absolute atomic E-state index is 0.0498. The number of fused-ring (bicyclic) bond motifs is 1. The summed E-state index contributed by atoms with van der Waals surface area (Å²) >= 11 is 0. The molecule has 2 amide bonds. The average Bonchev–Trinajstić information content (AvgIpc) is 3.29. The number of hydrogen-bond acceptors (Lipinski definition) is 5. The maximum absolute atomic E-state index is 13.9. The van der Waals surface area contributed by atoms with E-state index in [0.29, 0.717) is 30.8 Å². The summed E-state index contributed by atoms with van der Waals surface area (Å²) in [6.07, 6.45) is -2.38. The highest BCUT2D eigenvalue weighted by atomic mass is 19.4. The van der Waals surface area contributed by atoms with Gasteiger partial charge in [0.05, 0.1) is 14.2 Å². The van der Waals surface area contributed by atoms with E-state index in [-0.39, 0.29) is 17.5 Å². The molecule has 0 radical (unpaired) electrons. The largest absolute Gasteiger partial charge is 0.493 e. The molecule has 1 saturated heterocycles. The number of hydrogen-bond donors (Lipinski definition) is 3. The van der Waals surface area contributed by atoms with E-state index in [1.165, 1.54) is 0 Å². The van der Waals surface area contributed by atoms with Gasteiger partial charge in [-0.3, -0.25) is 0 Å². The van der Waals surface area contributed by atoms with Gasteiger partial charge in [-0.05, 0) is 57.0 Å². The first-order valence-corrected chi connectivity index (χ1v) is 12.4. The van der Waals surface area contributed by atoms with Crippen LogP contribution in [-0.2, 0) is 10.2 Å². The van der Waals surface area contributed by atoms with Crippen LogP contribution in [-0.4, -0.2) is 68.1 Å². The Labute approximate surface area is 234 Å². The fourth-order valence-electron chi connectivity index (χ4n) is 5.44. The number of nitrogens with one attached hydrogen (secondary N) is 2. The number of methoxy groups -OCH3 is 2. The second-order valence-electron chi connectivity index (χ2n) is 9.79. The summed E-state index contributed by atoms with van der Waals surface area (Å²) in [6, 6.07) is 4.48. The molecule has 1 aliphatic carbocycles. The Balaban J connectivity index is 0.000000616. The fraction of sp³-hybridized carbons (Fsp3) is 0.462. The lowest BCUT2D eigenvalue weighted by molar-refractivity contribution is -0.192. The number of ether oxygens (including phenoxy) is 2. The Bertz CT molecular complexity index is 1310. The van der Waals surface area contributed by atoms with Crippen molar-refractivity contribution in [3.8, 4) is 11.5 Å². The van der Waals surface area contributed by atoms with E-state index in [4.69, 9.17) is 19.4 Å². The number of likely N-dealkylation sites (N-methyl/N-ethyl adjacent to an activating group) is 1. The van der Waals surface area contributed by atoms with Crippen LogP contribution >= 0.6 is 0 Å². The molecule has 2 fully saturated rings. The molecule has 232 valence electrons. The Morgan fingerprint density at radius 1 is 0.952 bits per heavy atom. The van der Waals surface area contributed by atoms with Crippen LogP contribution in [0.2, 0.25) is 0 Å². The van der Waals surface area contributed by atoms with Crippen molar-refractivity contribution in [2.45, 2.75) is 49.4 Å². The summed E-state index contributed by atoms with van der Waals surface area (Å²) in [5, 5.41) is 11.5. The number of rotatable bonds is 5. The van der Waals surface area contributed by atoms with E-state index >= 15 is 0 Å². The summed E-state index contributed by atoms with van der Waals surface area (Å²) in [5.74, 6) is -12.2. The van der Waals surface area contributed by atoms with E-state index in [9.17, 15) is 39.9 Å². The molecule has 42 heavy (non-hydrogen) atoms. The molecule has 4 rings (SSSR count). The summed E-state index contributed by atoms with van der Waals surface area (Å²) in [4.78, 5) is 23.5. The Hall–Kier alpha value is -3.82. The van der Waals surface area contributed by atoms with Crippen molar-refractivity contribution in [1.82, 2.24) is 10.2 Å². The summed E-state index contributed by atoms with van der Waals surface area (Å²) < 4.78 is 111. The Kier molecular flexibility index (Phi) is 9.80. The first-order valence-electron chi connectivity index (χ1n) is 12.4. The standard InChI is InChI=1S/C24H26F5N3O3.C2HF3O2/c1-32-9-8-24(12-4-5-14(34-2)15(10-12)35-3)7-6-13(11-16(24)32)30-23(33)31-22-20(28)18(26)17(25)19(27)21(22)29;3-2(4,5)1(6)7/h4-5,10,13,16H,6-9,11H2,1-3H3,(H2,30,31,33);(H,6,7)/t13-,16+,24+;/m1./s1. The molecule has 2 aliphatic rings. The number of nitrogens with zero attached hydrogens (tertiary/aromatic N) is 1. The van der Waals surface area contributed by atoms with Gasteiger partial charge in [-0.1, -0.05) is 6.07 Å². The summed E-state index contributed by atoms with van der Waals surface area (Å²) in [5.41, 5.74) is -0.481. The zero-order chi connectivity index (χ0) is 31.6. The number of likely N-dealkylation sites (tertiary alicyclic amines) is 1. The minimum Gasteiger partial charge on any atom is -0.493 e. The molecule has 1 saturated carbocycles. The van der Waals surface area contributed by atoms with Crippen molar-refractivity contribution in [1.29, 1.82) is 0 Å². The van der Waals surface area contributed by atoms with Crippen LogP contribution < -0.4 is 20.1 Å². The van der Waals surface area contributed by atoms with Gasteiger partial charge in [0.2, 0.25) is 5.82 Å². The topological polar surface area (TPSA) is 100 Å². The number of carbonyl (C=O) groups excluding carboxylic acids is 1. The number of amides is 2. The van der Waals surface area contributed by atoms with Crippen molar-refractivity contribution < 1.29 is 59.3 Å². The highest BCUT2D eigenvalue weighted by Gasteiger charge is 2.50.